The first kappa shape index (κ1) is 20.1. The lowest BCUT2D eigenvalue weighted by Crippen LogP contribution is -1.98. The molecule has 0 spiro atoms. The molecule has 0 aromatic rings. The molecule has 0 saturated heterocycles. The van der Waals surface area contributed by atoms with Gasteiger partial charge >= 0.3 is 0 Å². The van der Waals surface area contributed by atoms with E-state index in [0.717, 1.165) is 5.25 Å². The van der Waals surface area contributed by atoms with E-state index < -0.39 is 0 Å². The van der Waals surface area contributed by atoms with Gasteiger partial charge in [-0.2, -0.15) is 0 Å². The zero-order chi connectivity index (χ0) is 14.9. The van der Waals surface area contributed by atoms with Gasteiger partial charge in [-0.25, -0.2) is 0 Å². The average Bonchev–Trinajstić information content (AvgIpc) is 2.48. The highest BCUT2D eigenvalue weighted by Gasteiger charge is 2.04. The van der Waals surface area contributed by atoms with E-state index in [1.807, 2.05) is 11.8 Å². The first-order valence-corrected chi connectivity index (χ1v) is 10.1. The monoisotopic (exact) mass is 298 g/mol. The Morgan fingerprint density at radius 2 is 1.25 bits per heavy atom. The van der Waals surface area contributed by atoms with Crippen molar-refractivity contribution in [3.05, 3.63) is 11.5 Å². The fraction of sp³-hybridized carbons (Fsp3) is 0.895. The van der Waals surface area contributed by atoms with Crippen LogP contribution < -0.4 is 0 Å². The molecule has 20 heavy (non-hydrogen) atoms. The van der Waals surface area contributed by atoms with Crippen LogP contribution in [0.2, 0.25) is 0 Å². The fourth-order valence-corrected chi connectivity index (χ4v) is 3.47. The van der Waals surface area contributed by atoms with Crippen molar-refractivity contribution >= 4 is 11.8 Å². The Morgan fingerprint density at radius 3 is 1.70 bits per heavy atom. The van der Waals surface area contributed by atoms with Crippen LogP contribution in [0.4, 0.5) is 0 Å². The summed E-state index contributed by atoms with van der Waals surface area (Å²) >= 11 is 2.02. The van der Waals surface area contributed by atoms with Crippen LogP contribution in [0.3, 0.4) is 0 Å². The third-order valence-corrected chi connectivity index (χ3v) is 5.38. The molecule has 0 aromatic carbocycles. The van der Waals surface area contributed by atoms with E-state index in [0.29, 0.717) is 0 Å². The van der Waals surface area contributed by atoms with Gasteiger partial charge in [-0.3, -0.25) is 0 Å². The Balaban J connectivity index is 3.19. The maximum Gasteiger partial charge on any atom is 0.00857 e. The Kier molecular flexibility index (Phi) is 17.2. The summed E-state index contributed by atoms with van der Waals surface area (Å²) in [6.45, 7) is 6.72. The van der Waals surface area contributed by atoms with Crippen LogP contribution in [0, 0.1) is 0 Å². The Hall–Kier alpha value is 0.0900. The lowest BCUT2D eigenvalue weighted by Gasteiger charge is -2.11. The summed E-state index contributed by atoms with van der Waals surface area (Å²) in [6.07, 6.45) is 20.8. The van der Waals surface area contributed by atoms with E-state index in [1.54, 1.807) is 0 Å². The molecule has 1 unspecified atom stereocenters. The van der Waals surface area contributed by atoms with E-state index in [2.05, 4.69) is 32.3 Å². The smallest absolute Gasteiger partial charge is 0.00857 e. The SMILES string of the molecule is CC=CSC(CC)CCCCCCCCCCCCC. The second kappa shape index (κ2) is 17.1. The molecule has 0 bridgehead atoms. The molecule has 0 aliphatic rings. The van der Waals surface area contributed by atoms with Crippen LogP contribution in [0.5, 0.6) is 0 Å². The minimum absolute atomic E-state index is 0.852. The Morgan fingerprint density at radius 1 is 0.750 bits per heavy atom. The van der Waals surface area contributed by atoms with E-state index in [-0.39, 0.29) is 0 Å². The summed E-state index contributed by atoms with van der Waals surface area (Å²) in [6, 6.07) is 0. The van der Waals surface area contributed by atoms with Gasteiger partial charge in [-0.05, 0) is 25.2 Å². The van der Waals surface area contributed by atoms with Gasteiger partial charge in [0.2, 0.25) is 0 Å². The molecular weight excluding hydrogens is 260 g/mol. The number of hydrogen-bond acceptors (Lipinski definition) is 1. The standard InChI is InChI=1S/C19H38S/c1-4-7-8-9-10-11-12-13-14-15-16-17-19(6-3)20-18-5-2/h5,18-19H,4,6-17H2,1-3H3. The minimum Gasteiger partial charge on any atom is -0.131 e. The molecular formula is C19H38S. The van der Waals surface area contributed by atoms with Gasteiger partial charge in [0.05, 0.1) is 0 Å². The molecule has 1 atom stereocenters. The topological polar surface area (TPSA) is 0 Å². The predicted molar refractivity (Wildman–Crippen MR) is 97.6 cm³/mol. The number of rotatable bonds is 15. The van der Waals surface area contributed by atoms with Crippen LogP contribution in [0.1, 0.15) is 104 Å². The maximum atomic E-state index is 2.32. The second-order valence-corrected chi connectivity index (χ2v) is 7.17. The van der Waals surface area contributed by atoms with Crippen molar-refractivity contribution in [2.45, 2.75) is 109 Å². The van der Waals surface area contributed by atoms with Crippen LogP contribution >= 0.6 is 11.8 Å². The summed E-state index contributed by atoms with van der Waals surface area (Å²) in [5.74, 6) is 0. The number of unbranched alkanes of at least 4 members (excludes halogenated alkanes) is 10. The molecule has 0 amide bonds. The molecule has 0 fully saturated rings. The summed E-state index contributed by atoms with van der Waals surface area (Å²) in [5.41, 5.74) is 0. The molecule has 0 radical (unpaired) electrons. The maximum absolute atomic E-state index is 2.32. The van der Waals surface area contributed by atoms with Crippen LogP contribution in [0.25, 0.3) is 0 Å². The highest BCUT2D eigenvalue weighted by Crippen LogP contribution is 2.22. The summed E-state index contributed by atoms with van der Waals surface area (Å²) in [7, 11) is 0. The van der Waals surface area contributed by atoms with E-state index in [1.165, 1.54) is 83.5 Å². The Bertz CT molecular complexity index is 198. The lowest BCUT2D eigenvalue weighted by molar-refractivity contribution is 0.540. The van der Waals surface area contributed by atoms with Crippen molar-refractivity contribution < 1.29 is 0 Å². The van der Waals surface area contributed by atoms with Crippen LogP contribution in [0.15, 0.2) is 11.5 Å². The molecule has 0 N–H and O–H groups in total. The Labute approximate surface area is 133 Å². The molecule has 0 aliphatic carbocycles. The summed E-state index contributed by atoms with van der Waals surface area (Å²) < 4.78 is 0. The van der Waals surface area contributed by atoms with Crippen LogP contribution in [-0.4, -0.2) is 5.25 Å². The summed E-state index contributed by atoms with van der Waals surface area (Å²) in [5, 5.41) is 3.11. The van der Waals surface area contributed by atoms with Crippen LogP contribution in [-0.2, 0) is 0 Å². The lowest BCUT2D eigenvalue weighted by atomic mass is 10.0. The van der Waals surface area contributed by atoms with Gasteiger partial charge in [0, 0.05) is 5.25 Å². The van der Waals surface area contributed by atoms with Gasteiger partial charge in [0.25, 0.3) is 0 Å². The van der Waals surface area contributed by atoms with Gasteiger partial charge in [0.1, 0.15) is 0 Å². The second-order valence-electron chi connectivity index (χ2n) is 5.96. The third-order valence-electron chi connectivity index (χ3n) is 3.99. The molecule has 0 nitrogen and oxygen atoms in total. The van der Waals surface area contributed by atoms with Crippen molar-refractivity contribution in [1.29, 1.82) is 0 Å². The normalized spacial score (nSPS) is 13.2. The van der Waals surface area contributed by atoms with Crippen molar-refractivity contribution in [3.63, 3.8) is 0 Å². The van der Waals surface area contributed by atoms with Gasteiger partial charge < -0.3 is 0 Å². The molecule has 0 aliphatic heterocycles. The highest BCUT2D eigenvalue weighted by atomic mass is 32.2. The number of allylic oxidation sites excluding steroid dienone is 1. The van der Waals surface area contributed by atoms with Gasteiger partial charge in [-0.1, -0.05) is 90.6 Å². The summed E-state index contributed by atoms with van der Waals surface area (Å²) in [4.78, 5) is 0. The zero-order valence-electron chi connectivity index (χ0n) is 14.3. The minimum atomic E-state index is 0.852. The third kappa shape index (κ3) is 14.5. The van der Waals surface area contributed by atoms with Crippen molar-refractivity contribution in [3.8, 4) is 0 Å². The first-order chi connectivity index (χ1) is 9.85. The molecule has 120 valence electrons. The van der Waals surface area contributed by atoms with Crippen molar-refractivity contribution in [2.75, 3.05) is 0 Å². The van der Waals surface area contributed by atoms with Gasteiger partial charge in [-0.15, -0.1) is 11.8 Å². The molecule has 0 heterocycles. The quantitative estimate of drug-likeness (QED) is 0.279. The van der Waals surface area contributed by atoms with Crippen molar-refractivity contribution in [2.24, 2.45) is 0 Å². The average molecular weight is 299 g/mol. The number of thioether (sulfide) groups is 1. The largest absolute Gasteiger partial charge is 0.131 e. The van der Waals surface area contributed by atoms with E-state index in [4.69, 9.17) is 0 Å². The molecule has 1 heteroatoms. The van der Waals surface area contributed by atoms with Gasteiger partial charge in [0.15, 0.2) is 0 Å². The molecule has 0 aromatic heterocycles. The van der Waals surface area contributed by atoms with E-state index >= 15 is 0 Å². The van der Waals surface area contributed by atoms with E-state index in [9.17, 15) is 0 Å². The highest BCUT2D eigenvalue weighted by molar-refractivity contribution is 8.02. The number of hydrogen-bond donors (Lipinski definition) is 0. The van der Waals surface area contributed by atoms with Crippen molar-refractivity contribution in [1.82, 2.24) is 0 Å². The molecule has 0 rings (SSSR count). The first-order valence-electron chi connectivity index (χ1n) is 9.11. The fourth-order valence-electron chi connectivity index (χ4n) is 2.59. The zero-order valence-corrected chi connectivity index (χ0v) is 15.1. The molecule has 0 saturated carbocycles. The predicted octanol–water partition coefficient (Wildman–Crippen LogP) is 7.73.